The summed E-state index contributed by atoms with van der Waals surface area (Å²) in [6.45, 7) is 5.25. The van der Waals surface area contributed by atoms with Crippen LogP contribution in [-0.4, -0.2) is 37.4 Å². The molecule has 2 aromatic rings. The number of aromatic nitrogens is 4. The summed E-state index contributed by atoms with van der Waals surface area (Å²) in [5.41, 5.74) is 1.42. The molecule has 0 N–H and O–H groups in total. The molecule has 2 aromatic heterocycles. The van der Waals surface area contributed by atoms with Crippen molar-refractivity contribution in [2.45, 2.75) is 39.4 Å². The van der Waals surface area contributed by atoms with Crippen molar-refractivity contribution in [1.82, 2.24) is 24.5 Å². The summed E-state index contributed by atoms with van der Waals surface area (Å²) in [7, 11) is 4.70. The quantitative estimate of drug-likeness (QED) is 0.845. The van der Waals surface area contributed by atoms with E-state index in [0.29, 0.717) is 0 Å². The Morgan fingerprint density at radius 3 is 2.36 bits per heavy atom. The van der Waals surface area contributed by atoms with E-state index in [4.69, 9.17) is 0 Å². The Bertz CT molecular complexity index is 791. The summed E-state index contributed by atoms with van der Waals surface area (Å²) in [5, 5.41) is 7.76. The van der Waals surface area contributed by atoms with Crippen LogP contribution in [0.1, 0.15) is 41.1 Å². The van der Waals surface area contributed by atoms with Crippen LogP contribution in [0.15, 0.2) is 6.20 Å². The molecule has 1 unspecified atom stereocenters. The normalized spacial score (nSPS) is 13.2. The number of carbonyl (C=O) groups excluding carboxylic acids is 1. The molecule has 0 aliphatic heterocycles. The fraction of sp³-hybridized carbons (Fsp3) is 0.562. The third-order valence-electron chi connectivity index (χ3n) is 4.33. The van der Waals surface area contributed by atoms with Crippen molar-refractivity contribution in [2.24, 2.45) is 14.1 Å². The first-order valence-electron chi connectivity index (χ1n) is 7.78. The second-order valence-corrected chi connectivity index (χ2v) is 6.30. The van der Waals surface area contributed by atoms with Crippen molar-refractivity contribution in [1.29, 1.82) is 0 Å². The van der Waals surface area contributed by atoms with Crippen LogP contribution in [0.5, 0.6) is 0 Å². The van der Waals surface area contributed by atoms with Gasteiger partial charge in [-0.1, -0.05) is 0 Å². The Morgan fingerprint density at radius 2 is 1.88 bits per heavy atom. The zero-order valence-electron chi connectivity index (χ0n) is 15.1. The van der Waals surface area contributed by atoms with Gasteiger partial charge in [0.25, 0.3) is 0 Å². The molecule has 2 rings (SSSR count). The standard InChI is InChI=1S/C16H22F3N5O/c1-9(13-10(2)20-24(6)11(13)3)15(25)22(4)7-12-8-23(5)21-14(12)16(17,18)19/h8-9H,7H2,1-6H3. The Hall–Kier alpha value is -2.32. The molecule has 0 saturated heterocycles. The van der Waals surface area contributed by atoms with E-state index in [1.54, 1.807) is 18.7 Å². The van der Waals surface area contributed by atoms with Crippen LogP contribution in [0.25, 0.3) is 0 Å². The molecule has 0 aromatic carbocycles. The number of hydrogen-bond donors (Lipinski definition) is 0. The lowest BCUT2D eigenvalue weighted by Crippen LogP contribution is -2.31. The number of alkyl halides is 3. The van der Waals surface area contributed by atoms with Gasteiger partial charge in [0.2, 0.25) is 5.91 Å². The molecule has 138 valence electrons. The highest BCUT2D eigenvalue weighted by molar-refractivity contribution is 5.83. The first-order chi connectivity index (χ1) is 11.4. The number of likely N-dealkylation sites (N-methyl/N-ethyl adjacent to an activating group) is 1. The minimum absolute atomic E-state index is 0.0299. The summed E-state index contributed by atoms with van der Waals surface area (Å²) >= 11 is 0. The van der Waals surface area contributed by atoms with Crippen LogP contribution < -0.4 is 0 Å². The lowest BCUT2D eigenvalue weighted by molar-refractivity contribution is -0.143. The molecule has 1 atom stereocenters. The Morgan fingerprint density at radius 1 is 1.28 bits per heavy atom. The van der Waals surface area contributed by atoms with Crippen molar-refractivity contribution in [2.75, 3.05) is 7.05 Å². The predicted molar refractivity (Wildman–Crippen MR) is 85.8 cm³/mol. The molecule has 0 saturated carbocycles. The second kappa shape index (κ2) is 6.53. The SMILES string of the molecule is Cc1nn(C)c(C)c1C(C)C(=O)N(C)Cc1cn(C)nc1C(F)(F)F. The highest BCUT2D eigenvalue weighted by atomic mass is 19.4. The smallest absolute Gasteiger partial charge is 0.341 e. The summed E-state index contributed by atoms with van der Waals surface area (Å²) in [4.78, 5) is 14.0. The van der Waals surface area contributed by atoms with E-state index in [1.165, 1.54) is 25.2 Å². The third-order valence-corrected chi connectivity index (χ3v) is 4.33. The Labute approximate surface area is 144 Å². The molecular formula is C16H22F3N5O. The van der Waals surface area contributed by atoms with Crippen LogP contribution >= 0.6 is 0 Å². The van der Waals surface area contributed by atoms with E-state index >= 15 is 0 Å². The molecule has 0 bridgehead atoms. The highest BCUT2D eigenvalue weighted by Crippen LogP contribution is 2.31. The van der Waals surface area contributed by atoms with Crippen LogP contribution in [0, 0.1) is 13.8 Å². The maximum atomic E-state index is 13.1. The number of amides is 1. The number of halogens is 3. The average molecular weight is 357 g/mol. The van der Waals surface area contributed by atoms with E-state index in [0.717, 1.165) is 21.6 Å². The average Bonchev–Trinajstić information content (AvgIpc) is 2.97. The van der Waals surface area contributed by atoms with Gasteiger partial charge in [0.1, 0.15) is 0 Å². The molecule has 0 spiro atoms. The molecule has 6 nitrogen and oxygen atoms in total. The fourth-order valence-corrected chi connectivity index (χ4v) is 3.10. The molecule has 1 amide bonds. The zero-order valence-corrected chi connectivity index (χ0v) is 15.1. The summed E-state index contributed by atoms with van der Waals surface area (Å²) in [6, 6.07) is 0. The molecule has 0 fully saturated rings. The van der Waals surface area contributed by atoms with E-state index in [9.17, 15) is 18.0 Å². The molecule has 25 heavy (non-hydrogen) atoms. The number of nitrogens with zero attached hydrogens (tertiary/aromatic N) is 5. The van der Waals surface area contributed by atoms with Crippen LogP contribution in [0.4, 0.5) is 13.2 Å². The van der Waals surface area contributed by atoms with Gasteiger partial charge in [0.15, 0.2) is 5.69 Å². The van der Waals surface area contributed by atoms with Gasteiger partial charge >= 0.3 is 6.18 Å². The number of rotatable bonds is 4. The van der Waals surface area contributed by atoms with Gasteiger partial charge in [0.05, 0.1) is 11.6 Å². The lowest BCUT2D eigenvalue weighted by Gasteiger charge is -2.22. The van der Waals surface area contributed by atoms with Gasteiger partial charge in [0, 0.05) is 50.7 Å². The summed E-state index contributed by atoms with van der Waals surface area (Å²) < 4.78 is 42.0. The van der Waals surface area contributed by atoms with Crippen molar-refractivity contribution in [3.05, 3.63) is 34.4 Å². The van der Waals surface area contributed by atoms with Crippen LogP contribution in [0.2, 0.25) is 0 Å². The van der Waals surface area contributed by atoms with Gasteiger partial charge in [-0.25, -0.2) is 0 Å². The molecule has 0 aliphatic rings. The number of aryl methyl sites for hydroxylation is 3. The van der Waals surface area contributed by atoms with Gasteiger partial charge < -0.3 is 4.90 Å². The number of carbonyl (C=O) groups is 1. The van der Waals surface area contributed by atoms with E-state index in [-0.39, 0.29) is 18.0 Å². The van der Waals surface area contributed by atoms with Gasteiger partial charge in [-0.05, 0) is 20.8 Å². The van der Waals surface area contributed by atoms with E-state index < -0.39 is 17.8 Å². The first kappa shape index (κ1) is 19.0. The molecular weight excluding hydrogens is 335 g/mol. The van der Waals surface area contributed by atoms with Crippen LogP contribution in [0.3, 0.4) is 0 Å². The third kappa shape index (κ3) is 3.69. The van der Waals surface area contributed by atoms with Gasteiger partial charge in [-0.2, -0.15) is 23.4 Å². The van der Waals surface area contributed by atoms with E-state index in [2.05, 4.69) is 10.2 Å². The van der Waals surface area contributed by atoms with Crippen molar-refractivity contribution in [3.63, 3.8) is 0 Å². The maximum Gasteiger partial charge on any atom is 0.435 e. The van der Waals surface area contributed by atoms with Crippen molar-refractivity contribution >= 4 is 5.91 Å². The number of hydrogen-bond acceptors (Lipinski definition) is 3. The Balaban J connectivity index is 2.24. The monoisotopic (exact) mass is 357 g/mol. The maximum absolute atomic E-state index is 13.1. The first-order valence-corrected chi connectivity index (χ1v) is 7.78. The summed E-state index contributed by atoms with van der Waals surface area (Å²) in [5.74, 6) is -0.763. The predicted octanol–water partition coefficient (Wildman–Crippen LogP) is 2.55. The minimum atomic E-state index is -4.55. The molecule has 0 aliphatic carbocycles. The highest BCUT2D eigenvalue weighted by Gasteiger charge is 2.37. The molecule has 9 heteroatoms. The van der Waals surface area contributed by atoms with Gasteiger partial charge in [-0.3, -0.25) is 14.2 Å². The van der Waals surface area contributed by atoms with E-state index in [1.807, 2.05) is 13.8 Å². The lowest BCUT2D eigenvalue weighted by atomic mass is 9.97. The minimum Gasteiger partial charge on any atom is -0.341 e. The fourth-order valence-electron chi connectivity index (χ4n) is 3.10. The largest absolute Gasteiger partial charge is 0.435 e. The molecule has 0 radical (unpaired) electrons. The zero-order chi connectivity index (χ0) is 19.1. The van der Waals surface area contributed by atoms with Crippen molar-refractivity contribution < 1.29 is 18.0 Å². The Kier molecular flexibility index (Phi) is 4.97. The topological polar surface area (TPSA) is 56.0 Å². The second-order valence-electron chi connectivity index (χ2n) is 6.30. The van der Waals surface area contributed by atoms with Crippen molar-refractivity contribution in [3.8, 4) is 0 Å². The molecule has 2 heterocycles. The van der Waals surface area contributed by atoms with Gasteiger partial charge in [-0.15, -0.1) is 0 Å². The van der Waals surface area contributed by atoms with Crippen LogP contribution in [-0.2, 0) is 31.6 Å². The summed E-state index contributed by atoms with van der Waals surface area (Å²) in [6.07, 6.45) is -3.26.